The summed E-state index contributed by atoms with van der Waals surface area (Å²) in [5, 5.41) is 10.4. The minimum absolute atomic E-state index is 0.285. The SMILES string of the molecule is Cc1nc(-c2cccc(O)c2)c(C)s1. The minimum atomic E-state index is 0.285. The summed E-state index contributed by atoms with van der Waals surface area (Å²) in [4.78, 5) is 5.62. The molecule has 1 N–H and O–H groups in total. The molecule has 0 bridgehead atoms. The molecule has 0 saturated carbocycles. The maximum Gasteiger partial charge on any atom is 0.116 e. The monoisotopic (exact) mass is 205 g/mol. The van der Waals surface area contributed by atoms with E-state index in [-0.39, 0.29) is 5.75 Å². The molecule has 0 fully saturated rings. The van der Waals surface area contributed by atoms with Crippen molar-refractivity contribution in [2.24, 2.45) is 0 Å². The molecule has 2 aromatic rings. The predicted molar refractivity (Wildman–Crippen MR) is 58.7 cm³/mol. The Labute approximate surface area is 86.9 Å². The van der Waals surface area contributed by atoms with E-state index in [4.69, 9.17) is 0 Å². The Kier molecular flexibility index (Phi) is 2.25. The molecule has 0 atom stereocenters. The fraction of sp³-hybridized carbons (Fsp3) is 0.182. The normalized spacial score (nSPS) is 10.4. The van der Waals surface area contributed by atoms with Crippen LogP contribution in [0.25, 0.3) is 11.3 Å². The first-order chi connectivity index (χ1) is 6.66. The number of aromatic hydroxyl groups is 1. The maximum atomic E-state index is 9.35. The van der Waals surface area contributed by atoms with Gasteiger partial charge in [-0.3, -0.25) is 0 Å². The summed E-state index contributed by atoms with van der Waals surface area (Å²) in [6.45, 7) is 4.04. The number of hydrogen-bond donors (Lipinski definition) is 1. The van der Waals surface area contributed by atoms with Crippen LogP contribution in [0, 0.1) is 13.8 Å². The second-order valence-electron chi connectivity index (χ2n) is 3.19. The van der Waals surface area contributed by atoms with E-state index < -0.39 is 0 Å². The lowest BCUT2D eigenvalue weighted by Gasteiger charge is -1.98. The topological polar surface area (TPSA) is 33.1 Å². The van der Waals surface area contributed by atoms with Gasteiger partial charge in [0.05, 0.1) is 10.7 Å². The van der Waals surface area contributed by atoms with Gasteiger partial charge in [0.15, 0.2) is 0 Å². The second kappa shape index (κ2) is 3.42. The first-order valence-corrected chi connectivity index (χ1v) is 5.22. The number of hydrogen-bond acceptors (Lipinski definition) is 3. The molecule has 0 unspecified atom stereocenters. The van der Waals surface area contributed by atoms with Crippen molar-refractivity contribution in [3.8, 4) is 17.0 Å². The number of thiazole rings is 1. The Morgan fingerprint density at radius 1 is 1.29 bits per heavy atom. The zero-order chi connectivity index (χ0) is 10.1. The summed E-state index contributed by atoms with van der Waals surface area (Å²) in [5.74, 6) is 0.285. The van der Waals surface area contributed by atoms with Crippen molar-refractivity contribution in [1.29, 1.82) is 0 Å². The standard InChI is InChI=1S/C11H11NOS/c1-7-11(12-8(2)14-7)9-4-3-5-10(13)6-9/h3-6,13H,1-2H3. The molecule has 0 aliphatic carbocycles. The highest BCUT2D eigenvalue weighted by Crippen LogP contribution is 2.28. The van der Waals surface area contributed by atoms with E-state index in [0.29, 0.717) is 0 Å². The van der Waals surface area contributed by atoms with Crippen molar-refractivity contribution < 1.29 is 5.11 Å². The van der Waals surface area contributed by atoms with Crippen molar-refractivity contribution in [2.75, 3.05) is 0 Å². The van der Waals surface area contributed by atoms with Gasteiger partial charge in [-0.05, 0) is 26.0 Å². The van der Waals surface area contributed by atoms with Crippen LogP contribution >= 0.6 is 11.3 Å². The molecule has 3 heteroatoms. The van der Waals surface area contributed by atoms with Gasteiger partial charge in [0.2, 0.25) is 0 Å². The van der Waals surface area contributed by atoms with E-state index in [1.165, 1.54) is 4.88 Å². The smallest absolute Gasteiger partial charge is 0.116 e. The second-order valence-corrected chi connectivity index (χ2v) is 4.60. The van der Waals surface area contributed by atoms with Crippen LogP contribution in [0.15, 0.2) is 24.3 Å². The zero-order valence-electron chi connectivity index (χ0n) is 8.11. The third-order valence-corrected chi connectivity index (χ3v) is 2.91. The summed E-state index contributed by atoms with van der Waals surface area (Å²) in [5.41, 5.74) is 1.95. The Hall–Kier alpha value is -1.35. The quantitative estimate of drug-likeness (QED) is 0.775. The molecule has 1 aromatic carbocycles. The van der Waals surface area contributed by atoms with Crippen LogP contribution in [0.4, 0.5) is 0 Å². The van der Waals surface area contributed by atoms with Crippen LogP contribution in [0.3, 0.4) is 0 Å². The number of phenolic OH excluding ortho intramolecular Hbond substituents is 1. The highest BCUT2D eigenvalue weighted by molar-refractivity contribution is 7.11. The first kappa shape index (κ1) is 9.21. The minimum Gasteiger partial charge on any atom is -0.508 e. The molecule has 14 heavy (non-hydrogen) atoms. The molecule has 0 radical (unpaired) electrons. The van der Waals surface area contributed by atoms with Gasteiger partial charge in [0.25, 0.3) is 0 Å². The third-order valence-electron chi connectivity index (χ3n) is 2.02. The summed E-state index contributed by atoms with van der Waals surface area (Å²) < 4.78 is 0. The van der Waals surface area contributed by atoms with E-state index in [2.05, 4.69) is 4.98 Å². The summed E-state index contributed by atoms with van der Waals surface area (Å²) >= 11 is 1.68. The Morgan fingerprint density at radius 2 is 2.07 bits per heavy atom. The number of rotatable bonds is 1. The number of aryl methyl sites for hydroxylation is 2. The molecular formula is C11H11NOS. The lowest BCUT2D eigenvalue weighted by Crippen LogP contribution is -1.80. The molecule has 1 aromatic heterocycles. The fourth-order valence-corrected chi connectivity index (χ4v) is 2.29. The van der Waals surface area contributed by atoms with Gasteiger partial charge in [0, 0.05) is 10.4 Å². The molecule has 1 heterocycles. The molecule has 0 aliphatic rings. The van der Waals surface area contributed by atoms with Crippen LogP contribution in [-0.2, 0) is 0 Å². The van der Waals surface area contributed by atoms with Crippen LogP contribution in [0.2, 0.25) is 0 Å². The van der Waals surface area contributed by atoms with E-state index in [1.807, 2.05) is 26.0 Å². The Morgan fingerprint density at radius 3 is 2.64 bits per heavy atom. The van der Waals surface area contributed by atoms with E-state index in [1.54, 1.807) is 23.5 Å². The van der Waals surface area contributed by atoms with Gasteiger partial charge in [0.1, 0.15) is 5.75 Å². The number of nitrogens with zero attached hydrogens (tertiary/aromatic N) is 1. The number of phenols is 1. The van der Waals surface area contributed by atoms with Crippen LogP contribution in [-0.4, -0.2) is 10.1 Å². The van der Waals surface area contributed by atoms with Gasteiger partial charge in [-0.25, -0.2) is 4.98 Å². The average Bonchev–Trinajstić information content (AvgIpc) is 2.45. The highest BCUT2D eigenvalue weighted by atomic mass is 32.1. The molecule has 0 amide bonds. The first-order valence-electron chi connectivity index (χ1n) is 4.40. The zero-order valence-corrected chi connectivity index (χ0v) is 8.93. The molecule has 0 aliphatic heterocycles. The lowest BCUT2D eigenvalue weighted by molar-refractivity contribution is 0.475. The third kappa shape index (κ3) is 1.63. The molecular weight excluding hydrogens is 194 g/mol. The van der Waals surface area contributed by atoms with Crippen LogP contribution < -0.4 is 0 Å². The Bertz CT molecular complexity index is 462. The van der Waals surface area contributed by atoms with E-state index >= 15 is 0 Å². The van der Waals surface area contributed by atoms with Crippen molar-refractivity contribution in [1.82, 2.24) is 4.98 Å². The summed E-state index contributed by atoms with van der Waals surface area (Å²) in [6, 6.07) is 7.19. The van der Waals surface area contributed by atoms with Gasteiger partial charge in [-0.1, -0.05) is 12.1 Å². The predicted octanol–water partition coefficient (Wildman–Crippen LogP) is 3.13. The molecule has 2 rings (SSSR count). The molecule has 2 nitrogen and oxygen atoms in total. The highest BCUT2D eigenvalue weighted by Gasteiger charge is 2.07. The Balaban J connectivity index is 2.54. The summed E-state index contributed by atoms with van der Waals surface area (Å²) in [6.07, 6.45) is 0. The van der Waals surface area contributed by atoms with Crippen molar-refractivity contribution in [3.63, 3.8) is 0 Å². The fourth-order valence-electron chi connectivity index (χ4n) is 1.45. The molecule has 0 saturated heterocycles. The van der Waals surface area contributed by atoms with Gasteiger partial charge < -0.3 is 5.11 Å². The van der Waals surface area contributed by atoms with Gasteiger partial charge in [-0.2, -0.15) is 0 Å². The maximum absolute atomic E-state index is 9.35. The average molecular weight is 205 g/mol. The van der Waals surface area contributed by atoms with E-state index in [9.17, 15) is 5.11 Å². The number of benzene rings is 1. The van der Waals surface area contributed by atoms with Crippen molar-refractivity contribution in [3.05, 3.63) is 34.2 Å². The van der Waals surface area contributed by atoms with Gasteiger partial charge in [-0.15, -0.1) is 11.3 Å². The molecule has 72 valence electrons. The van der Waals surface area contributed by atoms with E-state index in [0.717, 1.165) is 16.3 Å². The van der Waals surface area contributed by atoms with Crippen LogP contribution in [0.5, 0.6) is 5.75 Å². The summed E-state index contributed by atoms with van der Waals surface area (Å²) in [7, 11) is 0. The number of aromatic nitrogens is 1. The molecule has 0 spiro atoms. The van der Waals surface area contributed by atoms with Crippen molar-refractivity contribution in [2.45, 2.75) is 13.8 Å². The van der Waals surface area contributed by atoms with Crippen molar-refractivity contribution >= 4 is 11.3 Å². The van der Waals surface area contributed by atoms with Gasteiger partial charge >= 0.3 is 0 Å². The largest absolute Gasteiger partial charge is 0.508 e. The van der Waals surface area contributed by atoms with Crippen LogP contribution in [0.1, 0.15) is 9.88 Å². The lowest BCUT2D eigenvalue weighted by atomic mass is 10.1.